The van der Waals surface area contributed by atoms with Crippen LogP contribution in [-0.2, 0) is 28.3 Å². The Hall–Kier alpha value is -3.99. The highest BCUT2D eigenvalue weighted by Crippen LogP contribution is 2.66. The Morgan fingerprint density at radius 1 is 1.11 bits per heavy atom. The summed E-state index contributed by atoms with van der Waals surface area (Å²) in [6.07, 6.45) is -8.52. The molecule has 2 N–H and O–H groups in total. The minimum absolute atomic E-state index is 0.119. The van der Waals surface area contributed by atoms with Gasteiger partial charge in [-0.25, -0.2) is 4.98 Å². The van der Waals surface area contributed by atoms with Crippen LogP contribution in [0.5, 0.6) is 17.6 Å². The summed E-state index contributed by atoms with van der Waals surface area (Å²) in [5.41, 5.74) is -4.31. The van der Waals surface area contributed by atoms with Crippen molar-refractivity contribution in [1.82, 2.24) is 14.5 Å². The van der Waals surface area contributed by atoms with E-state index < -0.39 is 58.2 Å². The number of ether oxygens (including phenoxy) is 2. The molecular weight excluding hydrogens is 522 g/mol. The second-order valence-electron chi connectivity index (χ2n) is 9.44. The molecule has 3 atom stereocenters. The first-order valence-electron chi connectivity index (χ1n) is 11.1. The van der Waals surface area contributed by atoms with E-state index in [0.717, 1.165) is 29.0 Å². The molecule has 38 heavy (non-hydrogen) atoms. The summed E-state index contributed by atoms with van der Waals surface area (Å²) >= 11 is 0. The molecule has 0 unspecified atom stereocenters. The van der Waals surface area contributed by atoms with Gasteiger partial charge in [0.2, 0.25) is 23.5 Å². The van der Waals surface area contributed by atoms with Crippen LogP contribution in [0, 0.1) is 17.2 Å². The first kappa shape index (κ1) is 25.7. The number of nitrogens with zero attached hydrogens (tertiary/aromatic N) is 4. The van der Waals surface area contributed by atoms with Crippen molar-refractivity contribution in [3.63, 3.8) is 0 Å². The van der Waals surface area contributed by atoms with E-state index in [4.69, 9.17) is 14.7 Å². The van der Waals surface area contributed by atoms with Gasteiger partial charge in [0.15, 0.2) is 0 Å². The molecule has 200 valence electrons. The molecule has 1 fully saturated rings. The summed E-state index contributed by atoms with van der Waals surface area (Å²) in [4.78, 5) is 6.54. The van der Waals surface area contributed by atoms with Crippen LogP contribution >= 0.6 is 0 Å². The Morgan fingerprint density at radius 3 is 2.42 bits per heavy atom. The van der Waals surface area contributed by atoms with E-state index >= 15 is 0 Å². The topological polar surface area (TPSA) is 113 Å². The van der Waals surface area contributed by atoms with E-state index in [1.54, 1.807) is 13.8 Å². The summed E-state index contributed by atoms with van der Waals surface area (Å²) in [5, 5.41) is 31.2. The summed E-state index contributed by atoms with van der Waals surface area (Å²) in [6, 6.07) is 5.36. The summed E-state index contributed by atoms with van der Waals surface area (Å²) in [7, 11) is 0. The van der Waals surface area contributed by atoms with Gasteiger partial charge in [0.25, 0.3) is 0 Å². The van der Waals surface area contributed by atoms with Crippen molar-refractivity contribution in [1.29, 1.82) is 5.26 Å². The Bertz CT molecular complexity index is 1490. The third-order valence-corrected chi connectivity index (χ3v) is 7.00. The van der Waals surface area contributed by atoms with Crippen molar-refractivity contribution >= 4 is 0 Å². The fourth-order valence-electron chi connectivity index (χ4n) is 5.40. The smallest absolute Gasteiger partial charge is 0.451 e. The zero-order valence-electron chi connectivity index (χ0n) is 19.6. The molecule has 0 saturated carbocycles. The lowest BCUT2D eigenvalue weighted by atomic mass is 9.73. The van der Waals surface area contributed by atoms with Crippen LogP contribution < -0.4 is 4.74 Å². The van der Waals surface area contributed by atoms with Crippen molar-refractivity contribution in [2.45, 2.75) is 43.8 Å². The molecular formula is C24H18F6N4O4. The zero-order valence-corrected chi connectivity index (χ0v) is 19.6. The standard InChI is InChI=1S/C24H18F6N4O4/c1-21-8-12(10-37-15-5-6-32-20(33-15)24(28,29)30)22(2,38-21)17-16(21)18(35)34(19(17)36)13-4-3-11(9-31)14(7-13)23(25,26)27/h3-7,12,35-36H,8,10H2,1-2H3/t12-,21+,22-/m0/s1. The molecule has 2 aromatic heterocycles. The second-order valence-corrected chi connectivity index (χ2v) is 9.44. The highest BCUT2D eigenvalue weighted by molar-refractivity contribution is 5.62. The number of aromatic nitrogens is 3. The van der Waals surface area contributed by atoms with E-state index in [1.807, 2.05) is 0 Å². The fourth-order valence-corrected chi connectivity index (χ4v) is 5.40. The Morgan fingerprint density at radius 2 is 1.79 bits per heavy atom. The van der Waals surface area contributed by atoms with Crippen LogP contribution in [-0.4, -0.2) is 31.4 Å². The van der Waals surface area contributed by atoms with Gasteiger partial charge in [0.05, 0.1) is 46.2 Å². The monoisotopic (exact) mass is 540 g/mol. The average Bonchev–Trinajstić information content (AvgIpc) is 3.36. The van der Waals surface area contributed by atoms with Gasteiger partial charge in [-0.05, 0) is 38.5 Å². The van der Waals surface area contributed by atoms with Gasteiger partial charge in [0.1, 0.15) is 5.60 Å². The normalized spacial score (nSPS) is 24.3. The van der Waals surface area contributed by atoms with Crippen molar-refractivity contribution in [2.24, 2.45) is 5.92 Å². The zero-order chi connectivity index (χ0) is 27.8. The van der Waals surface area contributed by atoms with E-state index in [0.29, 0.717) is 6.07 Å². The van der Waals surface area contributed by atoms with Crippen LogP contribution in [0.1, 0.15) is 48.3 Å². The molecule has 0 aliphatic carbocycles. The predicted octanol–water partition coefficient (Wildman–Crippen LogP) is 5.15. The number of alkyl halides is 6. The van der Waals surface area contributed by atoms with E-state index in [2.05, 4.69) is 9.97 Å². The number of rotatable bonds is 4. The molecule has 5 rings (SSSR count). The van der Waals surface area contributed by atoms with Gasteiger partial charge in [-0.3, -0.25) is 4.57 Å². The van der Waals surface area contributed by atoms with Gasteiger partial charge in [0, 0.05) is 18.2 Å². The molecule has 0 amide bonds. The largest absolute Gasteiger partial charge is 0.494 e. The molecule has 1 aromatic carbocycles. The maximum absolute atomic E-state index is 13.5. The number of halogens is 6. The van der Waals surface area contributed by atoms with Crippen LogP contribution in [0.3, 0.4) is 0 Å². The van der Waals surface area contributed by atoms with Crippen LogP contribution in [0.4, 0.5) is 26.3 Å². The first-order valence-corrected chi connectivity index (χ1v) is 11.1. The van der Waals surface area contributed by atoms with Crippen LogP contribution in [0.2, 0.25) is 0 Å². The van der Waals surface area contributed by atoms with Crippen molar-refractivity contribution in [2.75, 3.05) is 6.61 Å². The second kappa shape index (κ2) is 8.00. The molecule has 2 bridgehead atoms. The highest BCUT2D eigenvalue weighted by atomic mass is 19.4. The lowest BCUT2D eigenvalue weighted by Gasteiger charge is -2.29. The molecule has 8 nitrogen and oxygen atoms in total. The highest BCUT2D eigenvalue weighted by Gasteiger charge is 2.64. The average molecular weight is 540 g/mol. The molecule has 14 heteroatoms. The molecule has 3 aromatic rings. The lowest BCUT2D eigenvalue weighted by molar-refractivity contribution is -0.145. The molecule has 2 aliphatic heterocycles. The number of hydrogen-bond donors (Lipinski definition) is 2. The third-order valence-electron chi connectivity index (χ3n) is 7.00. The predicted molar refractivity (Wildman–Crippen MR) is 115 cm³/mol. The van der Waals surface area contributed by atoms with Gasteiger partial charge in [-0.15, -0.1) is 0 Å². The van der Waals surface area contributed by atoms with Gasteiger partial charge < -0.3 is 19.7 Å². The minimum Gasteiger partial charge on any atom is -0.494 e. The number of fused-ring (bicyclic) bond motifs is 5. The van der Waals surface area contributed by atoms with Crippen molar-refractivity contribution in [3.8, 4) is 29.4 Å². The molecule has 2 aliphatic rings. The Labute approximate surface area is 210 Å². The van der Waals surface area contributed by atoms with E-state index in [1.165, 1.54) is 6.07 Å². The Balaban J connectivity index is 1.52. The Kier molecular flexibility index (Phi) is 5.40. The third kappa shape index (κ3) is 3.72. The number of nitriles is 1. The summed E-state index contributed by atoms with van der Waals surface area (Å²) in [6.45, 7) is 3.02. The maximum atomic E-state index is 13.5. The van der Waals surface area contributed by atoms with Crippen LogP contribution in [0.15, 0.2) is 30.5 Å². The SMILES string of the molecule is C[C@]12C[C@@H](COc3ccnc(C(F)(F)F)n3)[C@](C)(O1)c1c2c(O)n(-c2ccc(C#N)c(C(F)(F)F)c2)c1O. The van der Waals surface area contributed by atoms with Gasteiger partial charge >= 0.3 is 12.4 Å². The lowest BCUT2D eigenvalue weighted by Crippen LogP contribution is -2.33. The van der Waals surface area contributed by atoms with E-state index in [-0.39, 0.29) is 35.7 Å². The first-order chi connectivity index (χ1) is 17.6. The number of hydrogen-bond acceptors (Lipinski definition) is 7. The van der Waals surface area contributed by atoms with Crippen molar-refractivity contribution < 1.29 is 46.0 Å². The number of aromatic hydroxyl groups is 2. The molecule has 0 radical (unpaired) electrons. The van der Waals surface area contributed by atoms with Gasteiger partial charge in [-0.1, -0.05) is 0 Å². The molecule has 4 heterocycles. The molecule has 1 saturated heterocycles. The minimum atomic E-state index is -4.86. The number of benzene rings is 1. The van der Waals surface area contributed by atoms with E-state index in [9.17, 15) is 36.6 Å². The van der Waals surface area contributed by atoms with Crippen LogP contribution in [0.25, 0.3) is 5.69 Å². The summed E-state index contributed by atoms with van der Waals surface area (Å²) < 4.78 is 91.9. The summed E-state index contributed by atoms with van der Waals surface area (Å²) in [5.74, 6) is -3.36. The van der Waals surface area contributed by atoms with Gasteiger partial charge in [-0.2, -0.15) is 36.6 Å². The molecule has 0 spiro atoms. The van der Waals surface area contributed by atoms with Crippen molar-refractivity contribution in [3.05, 3.63) is 58.5 Å². The fraction of sp³-hybridized carbons (Fsp3) is 0.375. The maximum Gasteiger partial charge on any atom is 0.451 e. The quantitative estimate of drug-likeness (QED) is 0.440.